The molecule has 0 bridgehead atoms. The lowest BCUT2D eigenvalue weighted by atomic mass is 10.1. The molecule has 6 heteroatoms. The van der Waals surface area contributed by atoms with Crippen LogP contribution in [0.4, 0.5) is 0 Å². The smallest absolute Gasteiger partial charge is 0.253 e. The molecule has 3 N–H and O–H groups in total. The highest BCUT2D eigenvalue weighted by molar-refractivity contribution is 5.94. The summed E-state index contributed by atoms with van der Waals surface area (Å²) >= 11 is 0. The molecule has 0 saturated carbocycles. The van der Waals surface area contributed by atoms with Crippen molar-refractivity contribution in [1.82, 2.24) is 15.1 Å². The summed E-state index contributed by atoms with van der Waals surface area (Å²) in [5.41, 5.74) is 7.13. The van der Waals surface area contributed by atoms with Gasteiger partial charge in [-0.2, -0.15) is 0 Å². The standard InChI is InChI=1S/C16H24N4O2/c1-12(17)15(21)18-11-13-3-5-14(6-4-13)16(22)20-9-7-19(2)8-10-20/h3-6,12H,7-11,17H2,1-2H3,(H,18,21)/t12-/m1/s1. The van der Waals surface area contributed by atoms with Gasteiger partial charge in [0.1, 0.15) is 0 Å². The fourth-order valence-electron chi connectivity index (χ4n) is 2.31. The zero-order valence-corrected chi connectivity index (χ0v) is 13.2. The van der Waals surface area contributed by atoms with Crippen LogP contribution in [0, 0.1) is 0 Å². The van der Waals surface area contributed by atoms with Crippen LogP contribution in [0.25, 0.3) is 0 Å². The normalized spacial score (nSPS) is 17.1. The number of piperazine rings is 1. The highest BCUT2D eigenvalue weighted by Crippen LogP contribution is 2.10. The Balaban J connectivity index is 1.91. The van der Waals surface area contributed by atoms with Crippen molar-refractivity contribution in [1.29, 1.82) is 0 Å². The number of hydrogen-bond acceptors (Lipinski definition) is 4. The molecule has 0 radical (unpaired) electrons. The minimum Gasteiger partial charge on any atom is -0.351 e. The first kappa shape index (κ1) is 16.5. The summed E-state index contributed by atoms with van der Waals surface area (Å²) in [6.45, 7) is 5.42. The summed E-state index contributed by atoms with van der Waals surface area (Å²) in [5.74, 6) is -0.114. The molecular weight excluding hydrogens is 280 g/mol. The van der Waals surface area contributed by atoms with Gasteiger partial charge in [0.15, 0.2) is 0 Å². The maximum Gasteiger partial charge on any atom is 0.253 e. The van der Waals surface area contributed by atoms with Crippen LogP contribution in [-0.4, -0.2) is 60.9 Å². The molecule has 1 saturated heterocycles. The van der Waals surface area contributed by atoms with Gasteiger partial charge in [-0.25, -0.2) is 0 Å². The number of hydrogen-bond donors (Lipinski definition) is 2. The van der Waals surface area contributed by atoms with Crippen molar-refractivity contribution in [3.8, 4) is 0 Å². The van der Waals surface area contributed by atoms with E-state index in [0.717, 1.165) is 31.7 Å². The molecule has 2 amide bonds. The molecule has 1 heterocycles. The summed E-state index contributed by atoms with van der Waals surface area (Å²) < 4.78 is 0. The number of nitrogens with zero attached hydrogens (tertiary/aromatic N) is 2. The van der Waals surface area contributed by atoms with Crippen molar-refractivity contribution in [2.75, 3.05) is 33.2 Å². The number of rotatable bonds is 4. The average molecular weight is 304 g/mol. The summed E-state index contributed by atoms with van der Waals surface area (Å²) in [4.78, 5) is 27.9. The number of nitrogens with one attached hydrogen (secondary N) is 1. The van der Waals surface area contributed by atoms with Crippen molar-refractivity contribution in [2.24, 2.45) is 5.73 Å². The van der Waals surface area contributed by atoms with Gasteiger partial charge >= 0.3 is 0 Å². The number of nitrogens with two attached hydrogens (primary N) is 1. The average Bonchev–Trinajstić information content (AvgIpc) is 2.53. The van der Waals surface area contributed by atoms with Gasteiger partial charge in [0, 0.05) is 38.3 Å². The Labute approximate surface area is 131 Å². The summed E-state index contributed by atoms with van der Waals surface area (Å²) in [5, 5.41) is 2.75. The van der Waals surface area contributed by atoms with E-state index in [1.54, 1.807) is 6.92 Å². The molecule has 1 aromatic carbocycles. The van der Waals surface area contributed by atoms with Gasteiger partial charge in [-0.1, -0.05) is 12.1 Å². The Morgan fingerprint density at radius 2 is 1.77 bits per heavy atom. The van der Waals surface area contributed by atoms with Crippen LogP contribution >= 0.6 is 0 Å². The Morgan fingerprint density at radius 3 is 2.32 bits per heavy atom. The van der Waals surface area contributed by atoms with Crippen molar-refractivity contribution in [3.05, 3.63) is 35.4 Å². The molecule has 0 spiro atoms. The van der Waals surface area contributed by atoms with Crippen LogP contribution < -0.4 is 11.1 Å². The zero-order chi connectivity index (χ0) is 16.1. The molecule has 0 aromatic heterocycles. The van der Waals surface area contributed by atoms with E-state index >= 15 is 0 Å². The molecule has 1 aliphatic rings. The quantitative estimate of drug-likeness (QED) is 0.823. The van der Waals surface area contributed by atoms with Crippen LogP contribution in [0.2, 0.25) is 0 Å². The van der Waals surface area contributed by atoms with Crippen LogP contribution in [0.1, 0.15) is 22.8 Å². The predicted molar refractivity (Wildman–Crippen MR) is 85.3 cm³/mol. The predicted octanol–water partition coefficient (Wildman–Crippen LogP) is 0.0376. The van der Waals surface area contributed by atoms with E-state index in [1.165, 1.54) is 0 Å². The highest BCUT2D eigenvalue weighted by Gasteiger charge is 2.20. The van der Waals surface area contributed by atoms with E-state index in [9.17, 15) is 9.59 Å². The lowest BCUT2D eigenvalue weighted by Gasteiger charge is -2.32. The number of benzene rings is 1. The molecule has 1 atom stereocenters. The Kier molecular flexibility index (Phi) is 5.51. The largest absolute Gasteiger partial charge is 0.351 e. The van der Waals surface area contributed by atoms with Gasteiger partial charge in [-0.15, -0.1) is 0 Å². The maximum atomic E-state index is 12.4. The molecule has 0 aliphatic carbocycles. The van der Waals surface area contributed by atoms with Crippen molar-refractivity contribution >= 4 is 11.8 Å². The van der Waals surface area contributed by atoms with E-state index in [-0.39, 0.29) is 11.8 Å². The van der Waals surface area contributed by atoms with Crippen LogP contribution in [-0.2, 0) is 11.3 Å². The number of carbonyl (C=O) groups is 2. The summed E-state index contributed by atoms with van der Waals surface area (Å²) in [6, 6.07) is 6.84. The fourth-order valence-corrected chi connectivity index (χ4v) is 2.31. The molecule has 6 nitrogen and oxygen atoms in total. The van der Waals surface area contributed by atoms with Crippen molar-refractivity contribution < 1.29 is 9.59 Å². The third-order valence-corrected chi connectivity index (χ3v) is 3.87. The highest BCUT2D eigenvalue weighted by atomic mass is 16.2. The van der Waals surface area contributed by atoms with Crippen molar-refractivity contribution in [3.63, 3.8) is 0 Å². The second-order valence-corrected chi connectivity index (χ2v) is 5.80. The Morgan fingerprint density at radius 1 is 1.18 bits per heavy atom. The van der Waals surface area contributed by atoms with Gasteiger partial charge in [0.2, 0.25) is 5.91 Å². The van der Waals surface area contributed by atoms with E-state index in [2.05, 4.69) is 17.3 Å². The van der Waals surface area contributed by atoms with E-state index in [0.29, 0.717) is 12.1 Å². The molecule has 120 valence electrons. The SMILES string of the molecule is C[C@@H](N)C(=O)NCc1ccc(C(=O)N2CCN(C)CC2)cc1. The van der Waals surface area contributed by atoms with Gasteiger partial charge < -0.3 is 20.9 Å². The third kappa shape index (κ3) is 4.29. The lowest BCUT2D eigenvalue weighted by Crippen LogP contribution is -2.47. The molecular formula is C16H24N4O2. The van der Waals surface area contributed by atoms with Crippen molar-refractivity contribution in [2.45, 2.75) is 19.5 Å². The lowest BCUT2D eigenvalue weighted by molar-refractivity contribution is -0.122. The summed E-state index contributed by atoms with van der Waals surface area (Å²) in [6.07, 6.45) is 0. The molecule has 22 heavy (non-hydrogen) atoms. The van der Waals surface area contributed by atoms with Crippen LogP contribution in [0.15, 0.2) is 24.3 Å². The minimum atomic E-state index is -0.516. The molecule has 1 aromatic rings. The van der Waals surface area contributed by atoms with E-state index in [1.807, 2.05) is 29.2 Å². The first-order valence-corrected chi connectivity index (χ1v) is 7.57. The van der Waals surface area contributed by atoms with Gasteiger partial charge in [-0.3, -0.25) is 9.59 Å². The van der Waals surface area contributed by atoms with Crippen LogP contribution in [0.3, 0.4) is 0 Å². The second kappa shape index (κ2) is 7.38. The van der Waals surface area contributed by atoms with Gasteiger partial charge in [0.05, 0.1) is 6.04 Å². The van der Waals surface area contributed by atoms with Gasteiger partial charge in [-0.05, 0) is 31.7 Å². The van der Waals surface area contributed by atoms with E-state index < -0.39 is 6.04 Å². The number of carbonyl (C=O) groups excluding carboxylic acids is 2. The monoisotopic (exact) mass is 304 g/mol. The molecule has 1 fully saturated rings. The minimum absolute atomic E-state index is 0.0688. The second-order valence-electron chi connectivity index (χ2n) is 5.80. The first-order valence-electron chi connectivity index (χ1n) is 7.57. The molecule has 2 rings (SSSR count). The summed E-state index contributed by atoms with van der Waals surface area (Å²) in [7, 11) is 2.06. The molecule has 0 unspecified atom stereocenters. The molecule has 1 aliphatic heterocycles. The maximum absolute atomic E-state index is 12.4. The Hall–Kier alpha value is -1.92. The zero-order valence-electron chi connectivity index (χ0n) is 13.2. The third-order valence-electron chi connectivity index (χ3n) is 3.87. The fraction of sp³-hybridized carbons (Fsp3) is 0.500. The Bertz CT molecular complexity index is 519. The van der Waals surface area contributed by atoms with Crippen LogP contribution in [0.5, 0.6) is 0 Å². The first-order chi connectivity index (χ1) is 10.5. The number of likely N-dealkylation sites (N-methyl/N-ethyl adjacent to an activating group) is 1. The number of amides is 2. The van der Waals surface area contributed by atoms with Gasteiger partial charge in [0.25, 0.3) is 5.91 Å². The topological polar surface area (TPSA) is 78.7 Å². The van der Waals surface area contributed by atoms with E-state index in [4.69, 9.17) is 5.73 Å².